The van der Waals surface area contributed by atoms with Crippen molar-refractivity contribution in [1.29, 1.82) is 0 Å². The molecule has 5 heterocycles. The molecule has 0 aliphatic carbocycles. The van der Waals surface area contributed by atoms with Crippen LogP contribution in [-0.4, -0.2) is 119 Å². The summed E-state index contributed by atoms with van der Waals surface area (Å²) in [6.07, 6.45) is 6.14. The van der Waals surface area contributed by atoms with Crippen molar-refractivity contribution < 1.29 is 41.9 Å². The number of hydrogen-bond donors (Lipinski definition) is 4. The number of fused-ring (bicyclic) bond motifs is 2. The van der Waals surface area contributed by atoms with Gasteiger partial charge in [0.15, 0.2) is 0 Å². The number of aryl methyl sites for hydroxylation is 4. The summed E-state index contributed by atoms with van der Waals surface area (Å²) in [4.78, 5) is 88.3. The highest BCUT2D eigenvalue weighted by molar-refractivity contribution is 7.89. The molecule has 23 nitrogen and oxygen atoms in total. The second kappa shape index (κ2) is 19.9. The number of rotatable bonds is 20. The predicted molar refractivity (Wildman–Crippen MR) is 248 cm³/mol. The molecule has 0 saturated carbocycles. The molecule has 68 heavy (non-hydrogen) atoms. The SMILES string of the molecule is CCn1nc(C)cc1C(=O)Nc1nc2cc(S(N)(=O)=O)ccc2n1C/C=C/Cn1c(NC(=O)c2cc(C)nn2CC)nc2cc(C(N)=O)cc(OCCCN(C)C(=O)CCN3C(=O)C=CC3=O)c21. The maximum Gasteiger partial charge on any atom is 0.276 e. The number of allylic oxidation sites excluding steroid dienone is 2. The number of sulfonamides is 1. The van der Waals surface area contributed by atoms with Gasteiger partial charge in [-0.1, -0.05) is 12.2 Å². The molecule has 0 atom stereocenters. The Morgan fingerprint density at radius 3 is 1.96 bits per heavy atom. The van der Waals surface area contributed by atoms with Crippen LogP contribution in [0.4, 0.5) is 11.9 Å². The molecule has 6 amide bonds. The van der Waals surface area contributed by atoms with E-state index in [1.165, 1.54) is 35.2 Å². The average molecular weight is 951 g/mol. The number of benzene rings is 2. The lowest BCUT2D eigenvalue weighted by Gasteiger charge is -2.19. The van der Waals surface area contributed by atoms with Crippen molar-refractivity contribution in [3.8, 4) is 5.75 Å². The van der Waals surface area contributed by atoms with Gasteiger partial charge in [-0.3, -0.25) is 53.7 Å². The number of nitrogens with one attached hydrogen (secondary N) is 2. The largest absolute Gasteiger partial charge is 0.491 e. The first-order valence-corrected chi connectivity index (χ1v) is 23.1. The van der Waals surface area contributed by atoms with Gasteiger partial charge >= 0.3 is 0 Å². The van der Waals surface area contributed by atoms with Gasteiger partial charge in [0.25, 0.3) is 23.6 Å². The first-order valence-electron chi connectivity index (χ1n) is 21.5. The van der Waals surface area contributed by atoms with Gasteiger partial charge in [0.05, 0.1) is 39.4 Å². The number of ether oxygens (including phenoxy) is 1. The summed E-state index contributed by atoms with van der Waals surface area (Å²) >= 11 is 0. The number of primary sulfonamides is 1. The summed E-state index contributed by atoms with van der Waals surface area (Å²) in [5, 5.41) is 19.9. The number of carbonyl (C=O) groups is 6. The summed E-state index contributed by atoms with van der Waals surface area (Å²) < 4.78 is 37.2. The summed E-state index contributed by atoms with van der Waals surface area (Å²) in [6.45, 7) is 8.53. The Hall–Kier alpha value is -7.99. The van der Waals surface area contributed by atoms with E-state index in [4.69, 9.17) is 20.6 Å². The fraction of sp³-hybridized carbons (Fsp3) is 0.318. The third-order valence-electron chi connectivity index (χ3n) is 11.0. The van der Waals surface area contributed by atoms with Crippen LogP contribution in [-0.2, 0) is 50.6 Å². The second-order valence-corrected chi connectivity index (χ2v) is 17.3. The number of imide groups is 1. The minimum absolute atomic E-state index is 0.0510. The lowest BCUT2D eigenvalue weighted by molar-refractivity contribution is -0.138. The second-order valence-electron chi connectivity index (χ2n) is 15.8. The van der Waals surface area contributed by atoms with E-state index in [2.05, 4.69) is 25.8 Å². The van der Waals surface area contributed by atoms with Crippen LogP contribution in [0.2, 0.25) is 0 Å². The van der Waals surface area contributed by atoms with E-state index in [0.717, 1.165) is 17.1 Å². The molecule has 4 aromatic heterocycles. The molecule has 2 aromatic carbocycles. The smallest absolute Gasteiger partial charge is 0.276 e. The van der Waals surface area contributed by atoms with Gasteiger partial charge in [-0.25, -0.2) is 23.5 Å². The van der Waals surface area contributed by atoms with Crippen LogP contribution in [0.1, 0.15) is 69.4 Å². The Bertz CT molecular complexity index is 3160. The van der Waals surface area contributed by atoms with Gasteiger partial charge in [0.2, 0.25) is 33.7 Å². The quantitative estimate of drug-likeness (QED) is 0.0487. The molecule has 0 bridgehead atoms. The highest BCUT2D eigenvalue weighted by Gasteiger charge is 2.26. The fourth-order valence-electron chi connectivity index (χ4n) is 7.61. The van der Waals surface area contributed by atoms with Gasteiger partial charge in [0.1, 0.15) is 22.7 Å². The van der Waals surface area contributed by atoms with Crippen LogP contribution in [0.15, 0.2) is 71.7 Å². The van der Waals surface area contributed by atoms with Crippen molar-refractivity contribution >= 4 is 79.4 Å². The number of nitrogens with zero attached hydrogens (tertiary/aromatic N) is 10. The zero-order chi connectivity index (χ0) is 49.0. The molecule has 1 aliphatic rings. The number of nitrogens with two attached hydrogens (primary N) is 2. The summed E-state index contributed by atoms with van der Waals surface area (Å²) in [5.74, 6) is -2.56. The number of anilines is 2. The highest BCUT2D eigenvalue weighted by atomic mass is 32.2. The molecular formula is C44H50N14O9S. The summed E-state index contributed by atoms with van der Waals surface area (Å²) in [7, 11) is -2.49. The van der Waals surface area contributed by atoms with Crippen molar-refractivity contribution in [2.75, 3.05) is 37.4 Å². The Kier molecular flexibility index (Phi) is 14.0. The lowest BCUT2D eigenvalue weighted by Crippen LogP contribution is -2.36. The van der Waals surface area contributed by atoms with Crippen LogP contribution in [0.25, 0.3) is 22.1 Å². The van der Waals surface area contributed by atoms with E-state index in [1.807, 2.05) is 13.8 Å². The monoisotopic (exact) mass is 950 g/mol. The van der Waals surface area contributed by atoms with Crippen molar-refractivity contribution in [1.82, 2.24) is 48.5 Å². The minimum atomic E-state index is -4.08. The molecule has 0 saturated heterocycles. The van der Waals surface area contributed by atoms with Gasteiger partial charge < -0.3 is 24.5 Å². The number of amides is 6. The predicted octanol–water partition coefficient (Wildman–Crippen LogP) is 2.49. The molecular weight excluding hydrogens is 901 g/mol. The molecule has 0 spiro atoms. The van der Waals surface area contributed by atoms with Crippen molar-refractivity contribution in [3.63, 3.8) is 0 Å². The van der Waals surface area contributed by atoms with Crippen LogP contribution in [0, 0.1) is 13.8 Å². The van der Waals surface area contributed by atoms with Crippen LogP contribution in [0.5, 0.6) is 5.75 Å². The number of primary amides is 1. The standard InChI is InChI=1S/C44H50N14O9S/c1-6-57-33(21-26(3)51-57)41(63)49-43-47-30-25-29(68(46,65)66)11-12-32(30)54(43)17-8-9-18-56-39-31(48-44(56)50-42(64)34-22-27(4)52-58(34)7-2)23-28(40(45)62)24-35(39)67-20-10-16-53(5)36(59)15-19-55-37(60)13-14-38(55)61/h8-9,11-14,21-25H,6-7,10,15-20H2,1-5H3,(H2,45,62)(H2,46,65,66)(H,47,49,63)(H,48,50,64)/b9-8+. The zero-order valence-electron chi connectivity index (χ0n) is 37.9. The molecule has 0 unspecified atom stereocenters. The van der Waals surface area contributed by atoms with Crippen LogP contribution >= 0.6 is 0 Å². The van der Waals surface area contributed by atoms with Crippen LogP contribution < -0.4 is 26.2 Å². The zero-order valence-corrected chi connectivity index (χ0v) is 38.7. The minimum Gasteiger partial charge on any atom is -0.491 e. The average Bonchev–Trinajstić information content (AvgIpc) is 4.11. The number of imidazole rings is 2. The van der Waals surface area contributed by atoms with Crippen molar-refractivity contribution in [2.24, 2.45) is 10.9 Å². The van der Waals surface area contributed by atoms with Gasteiger partial charge in [0, 0.05) is 70.5 Å². The molecule has 6 N–H and O–H groups in total. The van der Waals surface area contributed by atoms with Crippen molar-refractivity contribution in [3.05, 3.63) is 95.1 Å². The van der Waals surface area contributed by atoms with Crippen molar-refractivity contribution in [2.45, 2.75) is 71.6 Å². The molecule has 0 fully saturated rings. The molecule has 0 radical (unpaired) electrons. The molecule has 7 rings (SSSR count). The first-order chi connectivity index (χ1) is 32.4. The highest BCUT2D eigenvalue weighted by Crippen LogP contribution is 2.32. The van der Waals surface area contributed by atoms with Gasteiger partial charge in [-0.2, -0.15) is 10.2 Å². The molecule has 24 heteroatoms. The maximum absolute atomic E-state index is 13.8. The maximum atomic E-state index is 13.8. The van der Waals surface area contributed by atoms with Gasteiger partial charge in [-0.15, -0.1) is 0 Å². The summed E-state index contributed by atoms with van der Waals surface area (Å²) in [6, 6.07) is 10.4. The normalized spacial score (nSPS) is 12.8. The number of hydrogen-bond acceptors (Lipinski definition) is 13. The Balaban J connectivity index is 1.18. The van der Waals surface area contributed by atoms with E-state index in [1.54, 1.807) is 63.7 Å². The Morgan fingerprint density at radius 1 is 0.809 bits per heavy atom. The number of aromatic nitrogens is 8. The topological polar surface area (TPSA) is 300 Å². The summed E-state index contributed by atoms with van der Waals surface area (Å²) in [5.41, 5.74) is 9.08. The molecule has 1 aliphatic heterocycles. The van der Waals surface area contributed by atoms with Gasteiger partial charge in [-0.05, 0) is 76.6 Å². The molecule has 356 valence electrons. The third-order valence-corrected chi connectivity index (χ3v) is 11.9. The van der Waals surface area contributed by atoms with E-state index in [9.17, 15) is 37.2 Å². The fourth-order valence-corrected chi connectivity index (χ4v) is 8.14. The van der Waals surface area contributed by atoms with E-state index >= 15 is 0 Å². The third kappa shape index (κ3) is 10.3. The van der Waals surface area contributed by atoms with Crippen LogP contribution in [0.3, 0.4) is 0 Å². The lowest BCUT2D eigenvalue weighted by atomic mass is 10.1. The number of carbonyl (C=O) groups excluding carboxylic acids is 6. The van der Waals surface area contributed by atoms with E-state index in [-0.39, 0.29) is 89.9 Å². The Morgan fingerprint density at radius 2 is 1.38 bits per heavy atom. The molecule has 6 aromatic rings. The Labute approximate surface area is 389 Å². The first kappa shape index (κ1) is 48.0. The van der Waals surface area contributed by atoms with E-state index in [0.29, 0.717) is 47.6 Å². The van der Waals surface area contributed by atoms with E-state index < -0.39 is 39.6 Å².